The smallest absolute Gasteiger partial charge is 0.147 e. The minimum atomic E-state index is -1.75. The molecule has 1 aromatic carbocycles. The maximum atomic E-state index is 2.66. The van der Waals surface area contributed by atoms with Gasteiger partial charge in [0.1, 0.15) is 0 Å². The second-order valence-corrected chi connectivity index (χ2v) is 23.9. The Labute approximate surface area is 180 Å². The molecule has 3 rings (SSSR count). The van der Waals surface area contributed by atoms with Gasteiger partial charge in [-0.15, -0.1) is 24.8 Å². The van der Waals surface area contributed by atoms with Gasteiger partial charge in [-0.2, -0.15) is 0 Å². The fourth-order valence-corrected chi connectivity index (χ4v) is 27.6. The summed E-state index contributed by atoms with van der Waals surface area (Å²) in [5.74, 6) is 0.706. The number of hydrogen-bond donors (Lipinski definition) is 0. The summed E-state index contributed by atoms with van der Waals surface area (Å²) < 4.78 is 2.73. The molecule has 1 aromatic rings. The van der Waals surface area contributed by atoms with Crippen LogP contribution >= 0.6 is 24.8 Å². The summed E-state index contributed by atoms with van der Waals surface area (Å²) in [6.07, 6.45) is 6.35. The molecule has 0 bridgehead atoms. The van der Waals surface area contributed by atoms with Crippen molar-refractivity contribution in [3.63, 3.8) is 0 Å². The zero-order valence-corrected chi connectivity index (χ0v) is 21.9. The quantitative estimate of drug-likeness (QED) is 0.386. The molecule has 26 heavy (non-hydrogen) atoms. The van der Waals surface area contributed by atoms with Gasteiger partial charge >= 0.3 is 157 Å². The Morgan fingerprint density at radius 3 is 2.27 bits per heavy atom. The van der Waals surface area contributed by atoms with Crippen molar-refractivity contribution in [3.05, 3.63) is 61.5 Å². The van der Waals surface area contributed by atoms with Crippen molar-refractivity contribution in [1.82, 2.24) is 0 Å². The molecular weight excluding hydrogens is 454 g/mol. The molecule has 2 unspecified atom stereocenters. The second-order valence-electron chi connectivity index (χ2n) is 7.48. The van der Waals surface area contributed by atoms with Crippen LogP contribution in [-0.4, -0.2) is 5.43 Å². The Bertz CT molecular complexity index is 802. The third kappa shape index (κ3) is 4.24. The van der Waals surface area contributed by atoms with E-state index in [1.54, 1.807) is 22.3 Å². The first-order chi connectivity index (χ1) is 11.5. The van der Waals surface area contributed by atoms with E-state index < -0.39 is 20.4 Å². The van der Waals surface area contributed by atoms with Crippen molar-refractivity contribution in [2.45, 2.75) is 57.3 Å². The van der Waals surface area contributed by atoms with Gasteiger partial charge in [-0.25, -0.2) is 0 Å². The molecular formula is C22H32Cl2SiZr. The Morgan fingerprint density at radius 2 is 1.69 bits per heavy atom. The molecule has 0 amide bonds. The summed E-state index contributed by atoms with van der Waals surface area (Å²) in [5, 5.41) is 0. The van der Waals surface area contributed by atoms with Crippen LogP contribution in [0.15, 0.2) is 50.3 Å². The molecule has 0 nitrogen and oxygen atoms in total. The van der Waals surface area contributed by atoms with E-state index >= 15 is 0 Å². The number of halogens is 2. The molecule has 0 radical (unpaired) electrons. The maximum Gasteiger partial charge on any atom is -0.147 e. The zero-order chi connectivity index (χ0) is 17.4. The van der Waals surface area contributed by atoms with Gasteiger partial charge in [-0.3, -0.25) is 0 Å². The molecule has 2 atom stereocenters. The molecule has 2 aliphatic carbocycles. The topological polar surface area (TPSA) is 0 Å². The van der Waals surface area contributed by atoms with Gasteiger partial charge in [-0.05, 0) is 0 Å². The van der Waals surface area contributed by atoms with Crippen LogP contribution in [0.1, 0.15) is 55.8 Å². The minimum absolute atomic E-state index is 0. The van der Waals surface area contributed by atoms with Gasteiger partial charge in [0.15, 0.2) is 0 Å². The van der Waals surface area contributed by atoms with Crippen molar-refractivity contribution in [3.8, 4) is 0 Å². The van der Waals surface area contributed by atoms with Gasteiger partial charge in [0.2, 0.25) is 0 Å². The number of benzene rings is 1. The molecule has 0 N–H and O–H groups in total. The first kappa shape index (κ1) is 24.2. The third-order valence-electron chi connectivity index (χ3n) is 6.13. The van der Waals surface area contributed by atoms with Gasteiger partial charge in [0.25, 0.3) is 0 Å². The van der Waals surface area contributed by atoms with Gasteiger partial charge in [0.05, 0.1) is 0 Å². The van der Waals surface area contributed by atoms with Crippen LogP contribution in [0.25, 0.3) is 6.08 Å². The van der Waals surface area contributed by atoms with Crippen molar-refractivity contribution < 1.29 is 20.4 Å². The molecule has 0 heterocycles. The molecule has 0 fully saturated rings. The molecule has 0 aromatic heterocycles. The normalized spacial score (nSPS) is 22.1. The fourth-order valence-electron chi connectivity index (χ4n) is 4.47. The molecule has 0 aliphatic heterocycles. The molecule has 4 heteroatoms. The van der Waals surface area contributed by atoms with E-state index in [-0.39, 0.29) is 30.2 Å². The zero-order valence-electron chi connectivity index (χ0n) is 16.8. The van der Waals surface area contributed by atoms with E-state index in [9.17, 15) is 0 Å². The van der Waals surface area contributed by atoms with Crippen LogP contribution in [0.4, 0.5) is 0 Å². The molecule has 0 spiro atoms. The molecule has 2 aliphatic rings. The number of hydrogen-bond acceptors (Lipinski definition) is 0. The van der Waals surface area contributed by atoms with E-state index in [2.05, 4.69) is 77.6 Å². The van der Waals surface area contributed by atoms with E-state index in [0.29, 0.717) is 5.92 Å². The summed E-state index contributed by atoms with van der Waals surface area (Å²) in [6, 6.07) is 10.6. The van der Waals surface area contributed by atoms with Gasteiger partial charge in [0, 0.05) is 0 Å². The van der Waals surface area contributed by atoms with Crippen molar-refractivity contribution in [1.29, 1.82) is 0 Å². The van der Waals surface area contributed by atoms with E-state index in [1.807, 2.05) is 3.28 Å². The minimum Gasteiger partial charge on any atom is -0.147 e. The molecule has 0 saturated heterocycles. The van der Waals surface area contributed by atoms with Crippen LogP contribution in [0, 0.1) is 5.92 Å². The van der Waals surface area contributed by atoms with Crippen LogP contribution in [0.2, 0.25) is 12.6 Å². The van der Waals surface area contributed by atoms with Crippen molar-refractivity contribution >= 4 is 36.3 Å². The summed E-state index contributed by atoms with van der Waals surface area (Å²) >= 11 is -1.75. The summed E-state index contributed by atoms with van der Waals surface area (Å²) in [5.41, 5.74) is 7.80. The largest absolute Gasteiger partial charge is 0.147 e. The summed E-state index contributed by atoms with van der Waals surface area (Å²) in [6.45, 7) is 14.7. The van der Waals surface area contributed by atoms with Gasteiger partial charge in [-0.1, -0.05) is 0 Å². The Hall–Kier alpha value is 0.120. The number of allylic oxidation sites excluding steroid dienone is 5. The van der Waals surface area contributed by atoms with E-state index in [0.717, 1.165) is 3.63 Å². The van der Waals surface area contributed by atoms with Crippen LogP contribution in [0.5, 0.6) is 0 Å². The van der Waals surface area contributed by atoms with Gasteiger partial charge < -0.3 is 0 Å². The van der Waals surface area contributed by atoms with Crippen LogP contribution in [-0.2, 0) is 20.4 Å². The average Bonchev–Trinajstić information content (AvgIpc) is 3.07. The average molecular weight is 487 g/mol. The van der Waals surface area contributed by atoms with Crippen molar-refractivity contribution in [2.24, 2.45) is 5.92 Å². The predicted octanol–water partition coefficient (Wildman–Crippen LogP) is 7.51. The Morgan fingerprint density at radius 1 is 1.04 bits per heavy atom. The van der Waals surface area contributed by atoms with Crippen LogP contribution in [0.3, 0.4) is 0 Å². The first-order valence-corrected chi connectivity index (χ1v) is 17.9. The summed E-state index contributed by atoms with van der Waals surface area (Å²) in [4.78, 5) is 0. The molecule has 0 saturated carbocycles. The first-order valence-electron chi connectivity index (χ1n) is 9.33. The Balaban J connectivity index is 0.00000169. The van der Waals surface area contributed by atoms with Crippen LogP contribution < -0.4 is 0 Å². The van der Waals surface area contributed by atoms with E-state index in [1.165, 1.54) is 18.0 Å². The SMILES string of the molecule is CCC/[Si](C)=[Zr](/[C]1=C(C)C(C)=C(C)C1C)[CH]1C=Cc2ccccc21.Cl.Cl. The number of rotatable bonds is 4. The second kappa shape index (κ2) is 10.1. The third-order valence-corrected chi connectivity index (χ3v) is 26.5. The fraction of sp³-hybridized carbons (Fsp3) is 0.455. The standard InChI is InChI=1S/C9H7.C9H13.C4H10Si.2ClH.Zr/c1-2-5-9-7-3-6-8(9)4-1;1-6-5-7(2)9(4)8(6)3;1-3-4-5-2;;;/h1-7H;6H,1-4H3;3-4H2,1-2H3;2*1H;. The maximum absolute atomic E-state index is 2.66. The number of fused-ring (bicyclic) bond motifs is 1. The molecule has 142 valence electrons. The summed E-state index contributed by atoms with van der Waals surface area (Å²) in [7, 11) is 0. The van der Waals surface area contributed by atoms with E-state index in [4.69, 9.17) is 0 Å². The monoisotopic (exact) mass is 484 g/mol. The predicted molar refractivity (Wildman–Crippen MR) is 120 cm³/mol. The van der Waals surface area contributed by atoms with Crippen molar-refractivity contribution in [2.75, 3.05) is 0 Å². The Kier molecular flexibility index (Phi) is 9.34.